The lowest BCUT2D eigenvalue weighted by Crippen LogP contribution is -2.24. The van der Waals surface area contributed by atoms with Gasteiger partial charge in [-0.2, -0.15) is 5.21 Å². The number of ketones is 1. The molecule has 34 heavy (non-hydrogen) atoms. The quantitative estimate of drug-likeness (QED) is 0.392. The van der Waals surface area contributed by atoms with Crippen LogP contribution in [0.2, 0.25) is 0 Å². The molecule has 174 valence electrons. The lowest BCUT2D eigenvalue weighted by atomic mass is 9.77. The molecule has 3 heterocycles. The van der Waals surface area contributed by atoms with Crippen LogP contribution in [0.3, 0.4) is 0 Å². The number of aromatic nitrogens is 8. The summed E-state index contributed by atoms with van der Waals surface area (Å²) in [7, 11) is 0. The minimum absolute atomic E-state index is 0.0633. The van der Waals surface area contributed by atoms with E-state index in [-0.39, 0.29) is 11.7 Å². The first-order valence-electron chi connectivity index (χ1n) is 11.9. The first-order chi connectivity index (χ1) is 16.7. The standard InChI is InChI=1S/C25H28N8O/c1-2-5-17-6-3-7-20(14-17)23(34)25-27-16-33(30-25)15-18-9-11-19(12-10-18)21-8-4-13-26-22(21)24-28-31-32-29-24/h4,8-13,16-17,20H,2-3,5-7,14-15H2,1H3,(H,28,29,31,32). The second-order valence-electron chi connectivity index (χ2n) is 8.98. The van der Waals surface area contributed by atoms with E-state index in [1.54, 1.807) is 17.2 Å². The number of H-pyrrole nitrogens is 1. The maximum absolute atomic E-state index is 13.0. The third-order valence-electron chi connectivity index (χ3n) is 6.58. The molecule has 0 saturated heterocycles. The van der Waals surface area contributed by atoms with Crippen LogP contribution in [0, 0.1) is 11.8 Å². The summed E-state index contributed by atoms with van der Waals surface area (Å²) in [4.78, 5) is 21.7. The molecule has 1 fully saturated rings. The van der Waals surface area contributed by atoms with Gasteiger partial charge in [0.15, 0.2) is 0 Å². The third-order valence-corrected chi connectivity index (χ3v) is 6.58. The molecule has 1 aliphatic carbocycles. The Morgan fingerprint density at radius 2 is 2.03 bits per heavy atom. The van der Waals surface area contributed by atoms with E-state index >= 15 is 0 Å². The third kappa shape index (κ3) is 4.78. The number of nitrogens with zero attached hydrogens (tertiary/aromatic N) is 7. The van der Waals surface area contributed by atoms with Crippen molar-refractivity contribution in [3.63, 3.8) is 0 Å². The maximum Gasteiger partial charge on any atom is 0.223 e. The lowest BCUT2D eigenvalue weighted by molar-refractivity contribution is 0.0848. The van der Waals surface area contributed by atoms with Crippen molar-refractivity contribution in [3.8, 4) is 22.6 Å². The molecule has 0 spiro atoms. The summed E-state index contributed by atoms with van der Waals surface area (Å²) in [5, 5.41) is 18.7. The highest BCUT2D eigenvalue weighted by atomic mass is 16.1. The summed E-state index contributed by atoms with van der Waals surface area (Å²) in [5.74, 6) is 1.62. The van der Waals surface area contributed by atoms with Crippen molar-refractivity contribution in [1.29, 1.82) is 0 Å². The fourth-order valence-corrected chi connectivity index (χ4v) is 4.92. The number of nitrogens with one attached hydrogen (secondary N) is 1. The molecule has 1 aromatic carbocycles. The van der Waals surface area contributed by atoms with Crippen molar-refractivity contribution in [2.45, 2.75) is 52.0 Å². The van der Waals surface area contributed by atoms with Gasteiger partial charge in [0.2, 0.25) is 17.4 Å². The Morgan fingerprint density at radius 1 is 1.15 bits per heavy atom. The van der Waals surface area contributed by atoms with E-state index in [1.807, 2.05) is 36.4 Å². The van der Waals surface area contributed by atoms with E-state index in [2.05, 4.69) is 42.6 Å². The number of pyridine rings is 1. The zero-order valence-electron chi connectivity index (χ0n) is 19.3. The van der Waals surface area contributed by atoms with Gasteiger partial charge in [-0.05, 0) is 41.2 Å². The van der Waals surface area contributed by atoms with Gasteiger partial charge in [0, 0.05) is 17.7 Å². The number of carbonyl (C=O) groups is 1. The fourth-order valence-electron chi connectivity index (χ4n) is 4.92. The van der Waals surface area contributed by atoms with E-state index in [1.165, 1.54) is 19.3 Å². The fraction of sp³-hybridized carbons (Fsp3) is 0.400. The van der Waals surface area contributed by atoms with Gasteiger partial charge in [-0.15, -0.1) is 15.3 Å². The van der Waals surface area contributed by atoms with Crippen molar-refractivity contribution in [1.82, 2.24) is 40.4 Å². The highest BCUT2D eigenvalue weighted by Gasteiger charge is 2.29. The van der Waals surface area contributed by atoms with Crippen molar-refractivity contribution in [2.75, 3.05) is 0 Å². The average Bonchev–Trinajstić information content (AvgIpc) is 3.57. The number of aromatic amines is 1. The topological polar surface area (TPSA) is 115 Å². The zero-order chi connectivity index (χ0) is 23.3. The Hall–Kier alpha value is -3.75. The molecule has 0 radical (unpaired) electrons. The van der Waals surface area contributed by atoms with Gasteiger partial charge in [0.25, 0.3) is 0 Å². The van der Waals surface area contributed by atoms with E-state index < -0.39 is 0 Å². The molecule has 4 aromatic rings. The van der Waals surface area contributed by atoms with Crippen LogP contribution in [-0.4, -0.2) is 46.2 Å². The minimum Gasteiger partial charge on any atom is -0.290 e. The van der Waals surface area contributed by atoms with Crippen LogP contribution in [0.25, 0.3) is 22.6 Å². The van der Waals surface area contributed by atoms with Crippen molar-refractivity contribution >= 4 is 5.78 Å². The van der Waals surface area contributed by atoms with Crippen LogP contribution in [0.5, 0.6) is 0 Å². The molecule has 1 saturated carbocycles. The van der Waals surface area contributed by atoms with E-state index in [4.69, 9.17) is 0 Å². The molecule has 1 N–H and O–H groups in total. The van der Waals surface area contributed by atoms with Crippen LogP contribution in [0.4, 0.5) is 0 Å². The highest BCUT2D eigenvalue weighted by Crippen LogP contribution is 2.33. The van der Waals surface area contributed by atoms with Crippen LogP contribution >= 0.6 is 0 Å². The van der Waals surface area contributed by atoms with Crippen molar-refractivity contribution in [3.05, 3.63) is 60.3 Å². The van der Waals surface area contributed by atoms with Crippen LogP contribution in [0.15, 0.2) is 48.9 Å². The number of benzene rings is 1. The summed E-state index contributed by atoms with van der Waals surface area (Å²) in [6, 6.07) is 12.0. The Kier molecular flexibility index (Phi) is 6.51. The monoisotopic (exact) mass is 456 g/mol. The molecule has 0 aliphatic heterocycles. The predicted molar refractivity (Wildman–Crippen MR) is 127 cm³/mol. The molecule has 2 atom stereocenters. The molecule has 2 unspecified atom stereocenters. The van der Waals surface area contributed by atoms with Gasteiger partial charge in [0.05, 0.1) is 6.54 Å². The number of carbonyl (C=O) groups excluding carboxylic acids is 1. The van der Waals surface area contributed by atoms with E-state index in [0.29, 0.717) is 29.8 Å². The number of Topliss-reactive ketones (excluding diaryl/α,β-unsaturated/α-hetero) is 1. The van der Waals surface area contributed by atoms with Gasteiger partial charge in [-0.3, -0.25) is 9.78 Å². The number of hydrogen-bond acceptors (Lipinski definition) is 7. The number of tetrazole rings is 1. The summed E-state index contributed by atoms with van der Waals surface area (Å²) < 4.78 is 1.74. The Balaban J connectivity index is 1.27. The van der Waals surface area contributed by atoms with Gasteiger partial charge in [-0.1, -0.05) is 62.9 Å². The highest BCUT2D eigenvalue weighted by molar-refractivity contribution is 5.94. The normalized spacial score (nSPS) is 18.1. The zero-order valence-corrected chi connectivity index (χ0v) is 19.3. The maximum atomic E-state index is 13.0. The Morgan fingerprint density at radius 3 is 2.82 bits per heavy atom. The number of rotatable bonds is 8. The second-order valence-corrected chi connectivity index (χ2v) is 8.98. The van der Waals surface area contributed by atoms with Crippen LogP contribution < -0.4 is 0 Å². The summed E-state index contributed by atoms with van der Waals surface area (Å²) in [5.41, 5.74) is 3.67. The largest absolute Gasteiger partial charge is 0.290 e. The van der Waals surface area contributed by atoms with Crippen molar-refractivity contribution in [2.24, 2.45) is 11.8 Å². The molecule has 0 amide bonds. The summed E-state index contributed by atoms with van der Waals surface area (Å²) in [6.07, 6.45) is 10.0. The second kappa shape index (κ2) is 10.0. The SMILES string of the molecule is CCCC1CCCC(C(=O)c2ncn(Cc3ccc(-c4cccnc4-c4nn[nH]n4)cc3)n2)C1. The van der Waals surface area contributed by atoms with Gasteiger partial charge in [-0.25, -0.2) is 9.67 Å². The molecular formula is C25H28N8O. The summed E-state index contributed by atoms with van der Waals surface area (Å²) in [6.45, 7) is 2.76. The Labute approximate surface area is 198 Å². The first-order valence-corrected chi connectivity index (χ1v) is 11.9. The molecular weight excluding hydrogens is 428 g/mol. The Bertz CT molecular complexity index is 1230. The van der Waals surface area contributed by atoms with Crippen LogP contribution in [0.1, 0.15) is 61.6 Å². The van der Waals surface area contributed by atoms with Gasteiger partial charge < -0.3 is 0 Å². The molecule has 9 heteroatoms. The van der Waals surface area contributed by atoms with Crippen molar-refractivity contribution < 1.29 is 4.79 Å². The molecule has 3 aromatic heterocycles. The van der Waals surface area contributed by atoms with Gasteiger partial charge in [0.1, 0.15) is 12.0 Å². The van der Waals surface area contributed by atoms with E-state index in [9.17, 15) is 4.79 Å². The lowest BCUT2D eigenvalue weighted by Gasteiger charge is -2.27. The minimum atomic E-state index is 0.0633. The molecule has 5 rings (SSSR count). The first kappa shape index (κ1) is 22.1. The average molecular weight is 457 g/mol. The smallest absolute Gasteiger partial charge is 0.223 e. The molecule has 1 aliphatic rings. The van der Waals surface area contributed by atoms with Crippen LogP contribution in [-0.2, 0) is 6.54 Å². The summed E-state index contributed by atoms with van der Waals surface area (Å²) >= 11 is 0. The number of hydrogen-bond donors (Lipinski definition) is 1. The molecule has 0 bridgehead atoms. The predicted octanol–water partition coefficient (Wildman–Crippen LogP) is 4.36. The van der Waals surface area contributed by atoms with E-state index in [0.717, 1.165) is 36.0 Å². The van der Waals surface area contributed by atoms with Gasteiger partial charge >= 0.3 is 0 Å². The molecule has 9 nitrogen and oxygen atoms in total.